The molecular weight excluding hydrogens is 519 g/mol. The monoisotopic (exact) mass is 560 g/mol. The molecule has 10 heteroatoms. The van der Waals surface area contributed by atoms with Gasteiger partial charge in [-0.1, -0.05) is 39.8 Å². The lowest BCUT2D eigenvalue weighted by atomic mass is 9.45. The molecule has 0 radical (unpaired) electrons. The van der Waals surface area contributed by atoms with Gasteiger partial charge in [0.1, 0.15) is 0 Å². The molecule has 41 heavy (non-hydrogen) atoms. The first-order valence-corrected chi connectivity index (χ1v) is 14.5. The van der Waals surface area contributed by atoms with Crippen molar-refractivity contribution >= 4 is 36.2 Å². The van der Waals surface area contributed by atoms with Gasteiger partial charge in [0.15, 0.2) is 0 Å². The number of anilines is 2. The highest BCUT2D eigenvalue weighted by Gasteiger charge is 2.67. The Morgan fingerprint density at radius 3 is 2.32 bits per heavy atom. The van der Waals surface area contributed by atoms with E-state index in [0.717, 1.165) is 6.42 Å². The molecule has 2 bridgehead atoms. The van der Waals surface area contributed by atoms with Gasteiger partial charge < -0.3 is 31.0 Å². The van der Waals surface area contributed by atoms with Crippen LogP contribution in [0.5, 0.6) is 0 Å². The highest BCUT2D eigenvalue weighted by atomic mass is 16.7. The van der Waals surface area contributed by atoms with E-state index in [-0.39, 0.29) is 41.4 Å². The molecule has 3 amide bonds. The van der Waals surface area contributed by atoms with Crippen LogP contribution in [-0.2, 0) is 14.1 Å². The lowest BCUT2D eigenvalue weighted by Gasteiger charge is -2.63. The van der Waals surface area contributed by atoms with Crippen LogP contribution in [-0.4, -0.2) is 49.0 Å². The average Bonchev–Trinajstić information content (AvgIpc) is 3.30. The van der Waals surface area contributed by atoms with Crippen LogP contribution < -0.4 is 21.7 Å². The Morgan fingerprint density at radius 2 is 1.68 bits per heavy atom. The van der Waals surface area contributed by atoms with Gasteiger partial charge in [-0.05, 0) is 85.8 Å². The van der Waals surface area contributed by atoms with Crippen LogP contribution in [0.2, 0.25) is 0 Å². The Kier molecular flexibility index (Phi) is 7.91. The molecule has 1 heterocycles. The standard InChI is InChI=1S/C31H41BN4O5/c1-18(2)14-25(32-40-27-22-15-21(30(22,3)4)16-31(27,5)41-32)36-26(37)17-34-28(38)19-10-12-20(13-11-19)29(39)35-24-9-7-6-8-23(24)33/h6-13,18,21-22,25,27H,14-17,33H2,1-5H3,(H,34,38)(H,35,39)(H,36,37)/t21?,22?,25-,27?,31-/m0/s1. The van der Waals surface area contributed by atoms with Crippen LogP contribution in [0, 0.1) is 23.2 Å². The Balaban J connectivity index is 1.15. The summed E-state index contributed by atoms with van der Waals surface area (Å²) in [5.41, 5.74) is 7.51. The number of carbonyl (C=O) groups excluding carboxylic acids is 3. The zero-order chi connectivity index (χ0) is 29.5. The van der Waals surface area contributed by atoms with Crippen molar-refractivity contribution in [2.24, 2.45) is 23.2 Å². The van der Waals surface area contributed by atoms with E-state index in [1.807, 2.05) is 0 Å². The summed E-state index contributed by atoms with van der Waals surface area (Å²) < 4.78 is 13.0. The molecule has 2 aromatic rings. The summed E-state index contributed by atoms with van der Waals surface area (Å²) in [7, 11) is -0.521. The number of benzene rings is 2. The number of carbonyl (C=O) groups is 3. The number of nitrogens with two attached hydrogens (primary N) is 1. The molecule has 5 N–H and O–H groups in total. The molecule has 9 nitrogen and oxygen atoms in total. The van der Waals surface area contributed by atoms with E-state index in [4.69, 9.17) is 15.0 Å². The smallest absolute Gasteiger partial charge is 0.404 e. The molecule has 3 aliphatic carbocycles. The summed E-state index contributed by atoms with van der Waals surface area (Å²) in [4.78, 5) is 38.2. The zero-order valence-corrected chi connectivity index (χ0v) is 24.5. The van der Waals surface area contributed by atoms with Crippen LogP contribution in [0.4, 0.5) is 11.4 Å². The molecular formula is C31H41BN4O5. The van der Waals surface area contributed by atoms with Crippen molar-refractivity contribution in [1.82, 2.24) is 10.6 Å². The molecule has 4 aliphatic rings. The lowest BCUT2D eigenvalue weighted by molar-refractivity contribution is -0.185. The van der Waals surface area contributed by atoms with Crippen molar-refractivity contribution in [3.05, 3.63) is 59.7 Å². The molecule has 0 aromatic heterocycles. The number of amides is 3. The van der Waals surface area contributed by atoms with Gasteiger partial charge in [0.25, 0.3) is 11.8 Å². The maximum atomic E-state index is 12.9. The van der Waals surface area contributed by atoms with Crippen LogP contribution in [0.25, 0.3) is 0 Å². The van der Waals surface area contributed by atoms with Crippen LogP contribution >= 0.6 is 0 Å². The summed E-state index contributed by atoms with van der Waals surface area (Å²) in [6.45, 7) is 10.8. The fraction of sp³-hybridized carbons (Fsp3) is 0.516. The van der Waals surface area contributed by atoms with Gasteiger partial charge in [-0.3, -0.25) is 14.4 Å². The van der Waals surface area contributed by atoms with Crippen molar-refractivity contribution in [3.63, 3.8) is 0 Å². The van der Waals surface area contributed by atoms with Crippen LogP contribution in [0.1, 0.15) is 74.6 Å². The van der Waals surface area contributed by atoms with E-state index in [2.05, 4.69) is 50.6 Å². The van der Waals surface area contributed by atoms with Gasteiger partial charge in [-0.15, -0.1) is 0 Å². The predicted octanol–water partition coefficient (Wildman–Crippen LogP) is 4.05. The molecule has 2 aromatic carbocycles. The third-order valence-electron chi connectivity index (χ3n) is 9.26. The van der Waals surface area contributed by atoms with E-state index in [1.165, 1.54) is 6.42 Å². The maximum absolute atomic E-state index is 12.9. The molecule has 1 saturated heterocycles. The van der Waals surface area contributed by atoms with Gasteiger partial charge in [-0.25, -0.2) is 0 Å². The van der Waals surface area contributed by atoms with Crippen molar-refractivity contribution in [2.45, 2.75) is 71.5 Å². The molecule has 3 saturated carbocycles. The fourth-order valence-electron chi connectivity index (χ4n) is 6.76. The largest absolute Gasteiger partial charge is 0.481 e. The van der Waals surface area contributed by atoms with E-state index < -0.39 is 13.0 Å². The van der Waals surface area contributed by atoms with Crippen molar-refractivity contribution in [1.29, 1.82) is 0 Å². The summed E-state index contributed by atoms with van der Waals surface area (Å²) in [6.07, 6.45) is 2.86. The van der Waals surface area contributed by atoms with Crippen molar-refractivity contribution in [2.75, 3.05) is 17.6 Å². The summed E-state index contributed by atoms with van der Waals surface area (Å²) in [5.74, 6) is 0.0352. The van der Waals surface area contributed by atoms with Gasteiger partial charge in [-0.2, -0.15) is 0 Å². The number of hydrogen-bond donors (Lipinski definition) is 4. The SMILES string of the molecule is CC(C)C[C@H](NC(=O)CNC(=O)c1ccc(C(=O)Nc2ccccc2N)cc1)B1OC2C3CC(C[C@]2(C)O1)C3(C)C. The lowest BCUT2D eigenvalue weighted by Crippen LogP contribution is -2.63. The third-order valence-corrected chi connectivity index (χ3v) is 9.26. The summed E-state index contributed by atoms with van der Waals surface area (Å²) >= 11 is 0. The van der Waals surface area contributed by atoms with Crippen molar-refractivity contribution < 1.29 is 23.7 Å². The van der Waals surface area contributed by atoms with Crippen molar-refractivity contribution in [3.8, 4) is 0 Å². The van der Waals surface area contributed by atoms with E-state index >= 15 is 0 Å². The van der Waals surface area contributed by atoms with Gasteiger partial charge >= 0.3 is 7.12 Å². The quantitative estimate of drug-likeness (QED) is 0.270. The minimum atomic E-state index is -0.521. The topological polar surface area (TPSA) is 132 Å². The Bertz CT molecular complexity index is 1320. The van der Waals surface area contributed by atoms with Crippen LogP contribution in [0.15, 0.2) is 48.5 Å². The highest BCUT2D eigenvalue weighted by molar-refractivity contribution is 6.47. The first-order valence-electron chi connectivity index (χ1n) is 14.5. The van der Waals surface area contributed by atoms with Gasteiger partial charge in [0.2, 0.25) is 5.91 Å². The van der Waals surface area contributed by atoms with Crippen LogP contribution in [0.3, 0.4) is 0 Å². The molecule has 218 valence electrons. The second kappa shape index (κ2) is 11.1. The Hall–Kier alpha value is -3.37. The Labute approximate surface area is 242 Å². The number of nitrogen functional groups attached to an aromatic ring is 1. The maximum Gasteiger partial charge on any atom is 0.481 e. The summed E-state index contributed by atoms with van der Waals surface area (Å²) in [5, 5.41) is 8.49. The second-order valence-electron chi connectivity index (χ2n) is 13.0. The minimum Gasteiger partial charge on any atom is -0.404 e. The predicted molar refractivity (Wildman–Crippen MR) is 159 cm³/mol. The zero-order valence-electron chi connectivity index (χ0n) is 24.5. The molecule has 4 fully saturated rings. The first kappa shape index (κ1) is 29.1. The third kappa shape index (κ3) is 5.86. The van der Waals surface area contributed by atoms with E-state index in [9.17, 15) is 14.4 Å². The minimum absolute atomic E-state index is 0.0221. The molecule has 6 rings (SSSR count). The van der Waals surface area contributed by atoms with Gasteiger partial charge in [0.05, 0.1) is 35.6 Å². The fourth-order valence-corrected chi connectivity index (χ4v) is 6.76. The van der Waals surface area contributed by atoms with E-state index in [0.29, 0.717) is 46.7 Å². The normalized spacial score (nSPS) is 26.5. The second-order valence-corrected chi connectivity index (χ2v) is 13.0. The molecule has 5 atom stereocenters. The number of rotatable bonds is 9. The highest BCUT2D eigenvalue weighted by Crippen LogP contribution is 2.64. The first-order chi connectivity index (χ1) is 19.4. The van der Waals surface area contributed by atoms with Gasteiger partial charge in [0, 0.05) is 11.1 Å². The summed E-state index contributed by atoms with van der Waals surface area (Å²) in [6, 6.07) is 13.2. The number of nitrogens with one attached hydrogen (secondary N) is 3. The molecule has 1 aliphatic heterocycles. The Morgan fingerprint density at radius 1 is 1.02 bits per heavy atom. The number of para-hydroxylation sites is 2. The average molecular weight is 561 g/mol. The number of hydrogen-bond acceptors (Lipinski definition) is 6. The van der Waals surface area contributed by atoms with E-state index in [1.54, 1.807) is 48.5 Å². The molecule has 0 spiro atoms. The molecule has 3 unspecified atom stereocenters.